The van der Waals surface area contributed by atoms with Gasteiger partial charge in [0.2, 0.25) is 0 Å². The number of pyridine rings is 1. The number of methoxy groups -OCH3 is 1. The van der Waals surface area contributed by atoms with E-state index in [1.807, 2.05) is 0 Å². The molecule has 2 heterocycles. The van der Waals surface area contributed by atoms with Crippen molar-refractivity contribution in [2.24, 2.45) is 4.99 Å². The van der Waals surface area contributed by atoms with Gasteiger partial charge in [0, 0.05) is 5.70 Å². The first kappa shape index (κ1) is 18.6. The van der Waals surface area contributed by atoms with Gasteiger partial charge in [0.05, 0.1) is 18.9 Å². The van der Waals surface area contributed by atoms with Gasteiger partial charge in [0.1, 0.15) is 17.1 Å². The molecule has 3 rings (SSSR count). The number of halogens is 3. The molecule has 140 valence electrons. The first-order valence-electron chi connectivity index (χ1n) is 8.00. The van der Waals surface area contributed by atoms with Crippen molar-refractivity contribution < 1.29 is 22.7 Å². The second kappa shape index (κ2) is 6.86. The molecule has 2 aromatic rings. The van der Waals surface area contributed by atoms with E-state index in [-0.39, 0.29) is 17.0 Å². The van der Waals surface area contributed by atoms with Crippen LogP contribution in [0.1, 0.15) is 25.1 Å². The highest BCUT2D eigenvalue weighted by Gasteiger charge is 2.41. The van der Waals surface area contributed by atoms with Crippen molar-refractivity contribution in [3.63, 3.8) is 0 Å². The van der Waals surface area contributed by atoms with Crippen LogP contribution in [0.25, 0.3) is 0 Å². The zero-order valence-corrected chi connectivity index (χ0v) is 14.8. The average molecular weight is 375 g/mol. The van der Waals surface area contributed by atoms with Gasteiger partial charge in [0.15, 0.2) is 17.5 Å². The van der Waals surface area contributed by atoms with Crippen LogP contribution in [0.3, 0.4) is 0 Å². The first-order chi connectivity index (χ1) is 12.8. The van der Waals surface area contributed by atoms with E-state index in [4.69, 9.17) is 4.74 Å². The fraction of sp³-hybridized carbons (Fsp3) is 0.211. The van der Waals surface area contributed by atoms with E-state index in [1.165, 1.54) is 25.3 Å². The summed E-state index contributed by atoms with van der Waals surface area (Å²) in [6, 6.07) is 5.93. The summed E-state index contributed by atoms with van der Waals surface area (Å²) >= 11 is 0. The van der Waals surface area contributed by atoms with Gasteiger partial charge in [-0.15, -0.1) is 0 Å². The number of esters is 1. The van der Waals surface area contributed by atoms with Crippen molar-refractivity contribution in [3.8, 4) is 0 Å². The molecule has 8 heteroatoms. The van der Waals surface area contributed by atoms with Crippen molar-refractivity contribution in [2.75, 3.05) is 7.11 Å². The molecule has 0 saturated carbocycles. The number of carbonyl (C=O) groups is 1. The van der Waals surface area contributed by atoms with E-state index in [1.54, 1.807) is 13.8 Å². The summed E-state index contributed by atoms with van der Waals surface area (Å²) in [6.45, 7) is 3.21. The van der Waals surface area contributed by atoms with E-state index < -0.39 is 29.0 Å². The molecule has 1 unspecified atom stereocenters. The van der Waals surface area contributed by atoms with Crippen LogP contribution >= 0.6 is 0 Å². The van der Waals surface area contributed by atoms with Gasteiger partial charge in [-0.25, -0.2) is 27.9 Å². The van der Waals surface area contributed by atoms with Crippen molar-refractivity contribution in [1.82, 2.24) is 10.3 Å². The van der Waals surface area contributed by atoms with Crippen LogP contribution in [0.4, 0.5) is 13.2 Å². The Morgan fingerprint density at radius 3 is 2.48 bits per heavy atom. The minimum absolute atomic E-state index is 0.141. The molecule has 0 spiro atoms. The highest BCUT2D eigenvalue weighted by Crippen LogP contribution is 2.38. The summed E-state index contributed by atoms with van der Waals surface area (Å²) in [6.07, 6.45) is 1.03. The number of carbonyl (C=O) groups excluding carboxylic acids is 1. The standard InChI is InChI=1S/C19H16F3N3O2/c1-10-16(18(26)27-3)19(2,11-4-6-13(21)14(22)8-11)25-17(24-10)15-7-5-12(20)9-23-15/h4-9H,1-3H3,(H,24,25). The monoisotopic (exact) mass is 375 g/mol. The Hall–Kier alpha value is -3.16. The van der Waals surface area contributed by atoms with Crippen LogP contribution in [0.5, 0.6) is 0 Å². The van der Waals surface area contributed by atoms with Gasteiger partial charge in [-0.1, -0.05) is 6.07 Å². The quantitative estimate of drug-likeness (QED) is 0.837. The van der Waals surface area contributed by atoms with E-state index in [2.05, 4.69) is 15.3 Å². The van der Waals surface area contributed by atoms with Crippen LogP contribution in [-0.2, 0) is 15.1 Å². The first-order valence-corrected chi connectivity index (χ1v) is 8.00. The zero-order chi connectivity index (χ0) is 19.8. The molecule has 1 atom stereocenters. The third kappa shape index (κ3) is 3.30. The van der Waals surface area contributed by atoms with Gasteiger partial charge >= 0.3 is 5.97 Å². The van der Waals surface area contributed by atoms with E-state index >= 15 is 0 Å². The number of nitrogens with one attached hydrogen (secondary N) is 1. The van der Waals surface area contributed by atoms with Crippen LogP contribution in [-0.4, -0.2) is 23.9 Å². The topological polar surface area (TPSA) is 63.6 Å². The van der Waals surface area contributed by atoms with Crippen LogP contribution in [0.15, 0.2) is 52.8 Å². The number of allylic oxidation sites excluding steroid dienone is 1. The maximum atomic E-state index is 13.9. The predicted molar refractivity (Wildman–Crippen MR) is 92.3 cm³/mol. The van der Waals surface area contributed by atoms with E-state index in [9.17, 15) is 18.0 Å². The summed E-state index contributed by atoms with van der Waals surface area (Å²) in [5, 5.41) is 2.94. The second-order valence-corrected chi connectivity index (χ2v) is 6.14. The second-order valence-electron chi connectivity index (χ2n) is 6.14. The Morgan fingerprint density at radius 1 is 1.15 bits per heavy atom. The lowest BCUT2D eigenvalue weighted by Crippen LogP contribution is -2.41. The van der Waals surface area contributed by atoms with Crippen LogP contribution in [0, 0.1) is 17.5 Å². The van der Waals surface area contributed by atoms with Gasteiger partial charge < -0.3 is 10.1 Å². The molecular weight excluding hydrogens is 359 g/mol. The fourth-order valence-corrected chi connectivity index (χ4v) is 3.01. The Labute approximate surface area is 153 Å². The largest absolute Gasteiger partial charge is 0.466 e. The molecule has 0 aliphatic carbocycles. The normalized spacial score (nSPS) is 19.4. The minimum atomic E-state index is -1.37. The lowest BCUT2D eigenvalue weighted by Gasteiger charge is -2.34. The number of hydrogen-bond acceptors (Lipinski definition) is 5. The number of aliphatic imine (C=N–C) groups is 1. The van der Waals surface area contributed by atoms with E-state index in [0.717, 1.165) is 18.3 Å². The average Bonchev–Trinajstić information content (AvgIpc) is 2.63. The Kier molecular flexibility index (Phi) is 4.73. The minimum Gasteiger partial charge on any atom is -0.466 e. The van der Waals surface area contributed by atoms with Crippen LogP contribution in [0.2, 0.25) is 0 Å². The third-order valence-electron chi connectivity index (χ3n) is 4.34. The Bertz CT molecular complexity index is 971. The number of benzene rings is 1. The molecular formula is C19H16F3N3O2. The van der Waals surface area contributed by atoms with Crippen molar-refractivity contribution in [3.05, 3.63) is 76.5 Å². The molecule has 1 aliphatic rings. The molecule has 0 amide bonds. The number of nitrogens with zero attached hydrogens (tertiary/aromatic N) is 2. The molecule has 1 N–H and O–H groups in total. The summed E-state index contributed by atoms with van der Waals surface area (Å²) in [5.74, 6) is -3.00. The molecule has 0 saturated heterocycles. The summed E-state index contributed by atoms with van der Waals surface area (Å²) in [4.78, 5) is 20.9. The number of amidine groups is 1. The maximum Gasteiger partial charge on any atom is 0.338 e. The zero-order valence-electron chi connectivity index (χ0n) is 14.8. The highest BCUT2D eigenvalue weighted by molar-refractivity contribution is 6.03. The smallest absolute Gasteiger partial charge is 0.338 e. The van der Waals surface area contributed by atoms with Gasteiger partial charge in [-0.05, 0) is 43.7 Å². The van der Waals surface area contributed by atoms with Crippen molar-refractivity contribution in [1.29, 1.82) is 0 Å². The van der Waals surface area contributed by atoms with Gasteiger partial charge in [-0.3, -0.25) is 0 Å². The molecule has 1 aliphatic heterocycles. The molecule has 27 heavy (non-hydrogen) atoms. The molecule has 0 bridgehead atoms. The highest BCUT2D eigenvalue weighted by atomic mass is 19.2. The number of ether oxygens (including phenoxy) is 1. The predicted octanol–water partition coefficient (Wildman–Crippen LogP) is 3.21. The molecule has 0 fully saturated rings. The maximum absolute atomic E-state index is 13.9. The molecule has 5 nitrogen and oxygen atoms in total. The van der Waals surface area contributed by atoms with Crippen molar-refractivity contribution >= 4 is 11.8 Å². The number of rotatable bonds is 3. The van der Waals surface area contributed by atoms with Crippen LogP contribution < -0.4 is 5.32 Å². The number of aromatic nitrogens is 1. The third-order valence-corrected chi connectivity index (χ3v) is 4.34. The Morgan fingerprint density at radius 2 is 1.89 bits per heavy atom. The van der Waals surface area contributed by atoms with Gasteiger partial charge in [-0.2, -0.15) is 0 Å². The summed E-state index contributed by atoms with van der Waals surface area (Å²) < 4.78 is 45.3. The Balaban J connectivity index is 2.21. The SMILES string of the molecule is COC(=O)C1=C(C)NC(c2ccc(F)cn2)=NC1(C)c1ccc(F)c(F)c1. The van der Waals surface area contributed by atoms with Crippen molar-refractivity contribution in [2.45, 2.75) is 19.4 Å². The lowest BCUT2D eigenvalue weighted by atomic mass is 9.82. The van der Waals surface area contributed by atoms with E-state index in [0.29, 0.717) is 11.4 Å². The molecule has 1 aromatic carbocycles. The summed E-state index contributed by atoms with van der Waals surface area (Å²) in [7, 11) is 1.22. The number of hydrogen-bond donors (Lipinski definition) is 1. The molecule has 0 radical (unpaired) electrons. The summed E-state index contributed by atoms with van der Waals surface area (Å²) in [5.41, 5.74) is -0.245. The van der Waals surface area contributed by atoms with Gasteiger partial charge in [0.25, 0.3) is 0 Å². The lowest BCUT2D eigenvalue weighted by molar-refractivity contribution is -0.137. The fourth-order valence-electron chi connectivity index (χ4n) is 3.01. The molecule has 1 aromatic heterocycles.